The van der Waals surface area contributed by atoms with Gasteiger partial charge in [0.1, 0.15) is 5.69 Å². The second-order valence-electron chi connectivity index (χ2n) is 4.34. The van der Waals surface area contributed by atoms with Crippen molar-refractivity contribution in [2.75, 3.05) is 20.3 Å². The number of rotatable bonds is 4. The van der Waals surface area contributed by atoms with Gasteiger partial charge in [-0.15, -0.1) is 0 Å². The average molecular weight is 279 g/mol. The van der Waals surface area contributed by atoms with Gasteiger partial charge in [-0.25, -0.2) is 4.79 Å². The van der Waals surface area contributed by atoms with E-state index in [0.717, 1.165) is 11.3 Å². The van der Waals surface area contributed by atoms with Gasteiger partial charge in [-0.1, -0.05) is 6.08 Å². The Balaban J connectivity index is 2.01. The quantitative estimate of drug-likeness (QED) is 0.617. The summed E-state index contributed by atoms with van der Waals surface area (Å²) in [7, 11) is 3.03. The first kappa shape index (κ1) is 14.3. The van der Waals surface area contributed by atoms with Gasteiger partial charge in [-0.3, -0.25) is 9.48 Å². The minimum atomic E-state index is -0.450. The topological polar surface area (TPSA) is 82.5 Å². The first-order valence-electron chi connectivity index (χ1n) is 6.28. The van der Waals surface area contributed by atoms with Crippen molar-refractivity contribution < 1.29 is 19.1 Å². The lowest BCUT2D eigenvalue weighted by atomic mass is 10.1. The van der Waals surface area contributed by atoms with Crippen molar-refractivity contribution >= 4 is 11.9 Å². The Morgan fingerprint density at radius 1 is 1.55 bits per heavy atom. The van der Waals surface area contributed by atoms with Crippen LogP contribution in [0.25, 0.3) is 0 Å². The SMILES string of the molecule is COC(=O)/C=C/CNC(=O)c1c2c(nn1C)COCC2. The summed E-state index contributed by atoms with van der Waals surface area (Å²) < 4.78 is 11.3. The molecule has 7 heteroatoms. The van der Waals surface area contributed by atoms with Crippen LogP contribution in [-0.4, -0.2) is 41.9 Å². The third-order valence-electron chi connectivity index (χ3n) is 3.01. The summed E-state index contributed by atoms with van der Waals surface area (Å²) >= 11 is 0. The van der Waals surface area contributed by atoms with Gasteiger partial charge in [0, 0.05) is 31.7 Å². The fourth-order valence-electron chi connectivity index (χ4n) is 2.09. The molecule has 0 spiro atoms. The average Bonchev–Trinajstić information content (AvgIpc) is 2.78. The number of hydrogen-bond acceptors (Lipinski definition) is 5. The van der Waals surface area contributed by atoms with Crippen LogP contribution in [0.2, 0.25) is 0 Å². The number of carbonyl (C=O) groups is 2. The Kier molecular flexibility index (Phi) is 4.52. The zero-order valence-electron chi connectivity index (χ0n) is 11.5. The molecule has 0 bridgehead atoms. The molecule has 108 valence electrons. The van der Waals surface area contributed by atoms with Gasteiger partial charge >= 0.3 is 5.97 Å². The van der Waals surface area contributed by atoms with Crippen molar-refractivity contribution in [1.82, 2.24) is 15.1 Å². The summed E-state index contributed by atoms with van der Waals surface area (Å²) in [6, 6.07) is 0. The van der Waals surface area contributed by atoms with E-state index in [4.69, 9.17) is 4.74 Å². The molecule has 1 aliphatic rings. The van der Waals surface area contributed by atoms with Gasteiger partial charge in [-0.2, -0.15) is 5.10 Å². The molecular weight excluding hydrogens is 262 g/mol. The summed E-state index contributed by atoms with van der Waals surface area (Å²) in [5.74, 6) is -0.660. The highest BCUT2D eigenvalue weighted by Gasteiger charge is 2.23. The molecule has 0 fully saturated rings. The number of methoxy groups -OCH3 is 1. The Labute approximate surface area is 116 Å². The fraction of sp³-hybridized carbons (Fsp3) is 0.462. The molecule has 7 nitrogen and oxygen atoms in total. The van der Waals surface area contributed by atoms with Crippen molar-refractivity contribution in [3.05, 3.63) is 29.1 Å². The monoisotopic (exact) mass is 279 g/mol. The van der Waals surface area contributed by atoms with Crippen LogP contribution < -0.4 is 5.32 Å². The minimum absolute atomic E-state index is 0.210. The predicted octanol–water partition coefficient (Wildman–Crippen LogP) is -0.0482. The Morgan fingerprint density at radius 3 is 3.10 bits per heavy atom. The number of esters is 1. The number of fused-ring (bicyclic) bond motifs is 1. The number of aromatic nitrogens is 2. The first-order valence-corrected chi connectivity index (χ1v) is 6.28. The molecule has 2 heterocycles. The molecular formula is C13H17N3O4. The van der Waals surface area contributed by atoms with Gasteiger partial charge in [0.15, 0.2) is 0 Å². The van der Waals surface area contributed by atoms with Gasteiger partial charge in [0.25, 0.3) is 5.91 Å². The standard InChI is InChI=1S/C13H17N3O4/c1-16-12(9-5-7-20-8-10(9)15-16)13(18)14-6-3-4-11(17)19-2/h3-4H,5-8H2,1-2H3,(H,14,18)/b4-3+. The lowest BCUT2D eigenvalue weighted by Crippen LogP contribution is -2.27. The summed E-state index contributed by atoms with van der Waals surface area (Å²) in [5, 5.41) is 7.00. The summed E-state index contributed by atoms with van der Waals surface area (Å²) in [4.78, 5) is 23.0. The molecule has 0 unspecified atom stereocenters. The van der Waals surface area contributed by atoms with E-state index in [-0.39, 0.29) is 12.5 Å². The van der Waals surface area contributed by atoms with Crippen LogP contribution in [-0.2, 0) is 34.3 Å². The highest BCUT2D eigenvalue weighted by Crippen LogP contribution is 2.19. The molecule has 1 aromatic heterocycles. The van der Waals surface area contributed by atoms with Gasteiger partial charge < -0.3 is 14.8 Å². The zero-order valence-corrected chi connectivity index (χ0v) is 11.5. The Hall–Kier alpha value is -2.15. The van der Waals surface area contributed by atoms with Crippen LogP contribution in [0, 0.1) is 0 Å². The van der Waals surface area contributed by atoms with Gasteiger partial charge in [0.05, 0.1) is 26.0 Å². The second kappa shape index (κ2) is 6.33. The van der Waals surface area contributed by atoms with E-state index in [2.05, 4.69) is 15.2 Å². The zero-order chi connectivity index (χ0) is 14.5. The molecule has 0 aliphatic carbocycles. The number of ether oxygens (including phenoxy) is 2. The molecule has 1 aliphatic heterocycles. The Morgan fingerprint density at radius 2 is 2.35 bits per heavy atom. The number of amides is 1. The number of nitrogens with one attached hydrogen (secondary N) is 1. The first-order chi connectivity index (χ1) is 9.63. The summed E-state index contributed by atoms with van der Waals surface area (Å²) in [6.07, 6.45) is 3.49. The molecule has 0 aromatic carbocycles. The Bertz CT molecular complexity index is 548. The largest absolute Gasteiger partial charge is 0.466 e. The van der Waals surface area contributed by atoms with Crippen molar-refractivity contribution in [2.24, 2.45) is 7.05 Å². The van der Waals surface area contributed by atoms with Crippen molar-refractivity contribution in [3.8, 4) is 0 Å². The highest BCUT2D eigenvalue weighted by atomic mass is 16.5. The molecule has 1 N–H and O–H groups in total. The van der Waals surface area contributed by atoms with E-state index in [1.165, 1.54) is 19.3 Å². The summed E-state index contributed by atoms with van der Waals surface area (Å²) in [6.45, 7) is 1.30. The van der Waals surface area contributed by atoms with E-state index in [0.29, 0.717) is 25.3 Å². The van der Waals surface area contributed by atoms with Gasteiger partial charge in [0.2, 0.25) is 0 Å². The van der Waals surface area contributed by atoms with Crippen molar-refractivity contribution in [2.45, 2.75) is 13.0 Å². The van der Waals surface area contributed by atoms with Crippen LogP contribution in [0.5, 0.6) is 0 Å². The third kappa shape index (κ3) is 3.05. The molecule has 0 radical (unpaired) electrons. The fourth-order valence-corrected chi connectivity index (χ4v) is 2.09. The number of nitrogens with zero attached hydrogens (tertiary/aromatic N) is 2. The van der Waals surface area contributed by atoms with Crippen molar-refractivity contribution in [3.63, 3.8) is 0 Å². The maximum Gasteiger partial charge on any atom is 0.330 e. The van der Waals surface area contributed by atoms with Crippen molar-refractivity contribution in [1.29, 1.82) is 0 Å². The highest BCUT2D eigenvalue weighted by molar-refractivity contribution is 5.94. The van der Waals surface area contributed by atoms with E-state index in [1.807, 2.05) is 0 Å². The lowest BCUT2D eigenvalue weighted by Gasteiger charge is -2.11. The third-order valence-corrected chi connectivity index (χ3v) is 3.01. The molecule has 20 heavy (non-hydrogen) atoms. The molecule has 1 amide bonds. The van der Waals surface area contributed by atoms with E-state index >= 15 is 0 Å². The van der Waals surface area contributed by atoms with Crippen LogP contribution in [0.15, 0.2) is 12.2 Å². The molecule has 2 rings (SSSR count). The molecule has 0 atom stereocenters. The smallest absolute Gasteiger partial charge is 0.330 e. The number of carbonyl (C=O) groups excluding carboxylic acids is 2. The minimum Gasteiger partial charge on any atom is -0.466 e. The van der Waals surface area contributed by atoms with Crippen LogP contribution in [0.3, 0.4) is 0 Å². The molecule has 1 aromatic rings. The normalized spacial score (nSPS) is 14.1. The maximum atomic E-state index is 12.1. The summed E-state index contributed by atoms with van der Waals surface area (Å²) in [5.41, 5.74) is 2.30. The van der Waals surface area contributed by atoms with Crippen LogP contribution in [0.1, 0.15) is 21.7 Å². The molecule has 0 saturated carbocycles. The molecule has 0 saturated heterocycles. The van der Waals surface area contributed by atoms with Gasteiger partial charge in [-0.05, 0) is 0 Å². The second-order valence-corrected chi connectivity index (χ2v) is 4.34. The van der Waals surface area contributed by atoms with Crippen LogP contribution >= 0.6 is 0 Å². The van der Waals surface area contributed by atoms with E-state index in [1.54, 1.807) is 11.7 Å². The predicted molar refractivity (Wildman–Crippen MR) is 70.1 cm³/mol. The van der Waals surface area contributed by atoms with E-state index < -0.39 is 5.97 Å². The van der Waals surface area contributed by atoms with E-state index in [9.17, 15) is 9.59 Å². The van der Waals surface area contributed by atoms with Crippen LogP contribution in [0.4, 0.5) is 0 Å². The lowest BCUT2D eigenvalue weighted by molar-refractivity contribution is -0.134. The maximum absolute atomic E-state index is 12.1. The number of hydrogen-bond donors (Lipinski definition) is 1. The number of aryl methyl sites for hydroxylation is 1.